The summed E-state index contributed by atoms with van der Waals surface area (Å²) in [6.07, 6.45) is 5.30. The number of carboxylic acids is 1. The lowest BCUT2D eigenvalue weighted by atomic mass is 9.88. The summed E-state index contributed by atoms with van der Waals surface area (Å²) in [6, 6.07) is 13.9. The Morgan fingerprint density at radius 1 is 1.03 bits per heavy atom. The molecule has 2 aromatic carbocycles. The van der Waals surface area contributed by atoms with E-state index in [1.807, 2.05) is 6.92 Å². The van der Waals surface area contributed by atoms with E-state index in [9.17, 15) is 19.5 Å². The highest BCUT2D eigenvalue weighted by Crippen LogP contribution is 2.27. The first-order valence-electron chi connectivity index (χ1n) is 11.9. The van der Waals surface area contributed by atoms with Crippen molar-refractivity contribution < 1.29 is 19.1 Å². The number of halogens is 1. The Labute approximate surface area is 197 Å². The highest BCUT2D eigenvalue weighted by atomic mass is 19.1. The van der Waals surface area contributed by atoms with Crippen LogP contribution >= 0.6 is 0 Å². The quantitative estimate of drug-likeness (QED) is 0.509. The molecule has 1 saturated carbocycles. The highest BCUT2D eigenvalue weighted by Gasteiger charge is 2.29. The first-order valence-corrected chi connectivity index (χ1v) is 11.9. The molecule has 0 spiro atoms. The van der Waals surface area contributed by atoms with E-state index in [1.54, 1.807) is 48.5 Å². The summed E-state index contributed by atoms with van der Waals surface area (Å²) < 4.78 is 17.4. The number of carboxylic acid groups (broad SMARTS) is 1. The number of carbonyl (C=O) groups excluding carboxylic acids is 1. The first kappa shape index (κ1) is 23.7. The van der Waals surface area contributed by atoms with Crippen molar-refractivity contribution >= 4 is 11.9 Å². The minimum absolute atomic E-state index is 0.136. The lowest BCUT2D eigenvalue weighted by Gasteiger charge is -2.19. The summed E-state index contributed by atoms with van der Waals surface area (Å²) in [4.78, 5) is 37.7. The Balaban J connectivity index is 1.65. The number of nitrogens with zero attached hydrogens (tertiary/aromatic N) is 2. The van der Waals surface area contributed by atoms with Crippen molar-refractivity contribution in [1.29, 1.82) is 0 Å². The van der Waals surface area contributed by atoms with E-state index in [0.717, 1.165) is 35.0 Å². The number of hydrogen-bond acceptors (Lipinski definition) is 3. The summed E-state index contributed by atoms with van der Waals surface area (Å²) >= 11 is 0. The summed E-state index contributed by atoms with van der Waals surface area (Å²) in [7, 11) is 0. The molecule has 1 aliphatic carbocycles. The smallest absolute Gasteiger partial charge is 0.337 e. The molecule has 0 bridgehead atoms. The molecule has 1 aliphatic rings. The van der Waals surface area contributed by atoms with Crippen LogP contribution in [-0.2, 0) is 13.0 Å². The van der Waals surface area contributed by atoms with E-state index in [4.69, 9.17) is 0 Å². The van der Waals surface area contributed by atoms with Crippen molar-refractivity contribution in [2.75, 3.05) is 0 Å². The monoisotopic (exact) mass is 464 g/mol. The molecule has 0 amide bonds. The van der Waals surface area contributed by atoms with Gasteiger partial charge in [-0.3, -0.25) is 9.36 Å². The molecule has 1 fully saturated rings. The van der Waals surface area contributed by atoms with Crippen molar-refractivity contribution in [2.24, 2.45) is 5.92 Å². The standard InChI is InChI=1S/C27H29FN2O4/c1-2-8-23-24(28)30(25(31)20-9-4-3-5-10-20)27(34)29(23)17-18-13-15-19(16-14-18)21-11-6-7-12-22(21)26(32)33/h6-7,11-16,20H,2-5,8-10,17H2,1H3,(H,32,33). The van der Waals surface area contributed by atoms with Gasteiger partial charge in [0.15, 0.2) is 0 Å². The van der Waals surface area contributed by atoms with E-state index in [1.165, 1.54) is 4.57 Å². The molecule has 34 heavy (non-hydrogen) atoms. The van der Waals surface area contributed by atoms with E-state index in [0.29, 0.717) is 31.2 Å². The largest absolute Gasteiger partial charge is 0.478 e. The van der Waals surface area contributed by atoms with Gasteiger partial charge in [-0.2, -0.15) is 4.39 Å². The predicted octanol–water partition coefficient (Wildman–Crippen LogP) is 5.38. The van der Waals surface area contributed by atoms with Crippen LogP contribution in [0.5, 0.6) is 0 Å². The third kappa shape index (κ3) is 4.60. The third-order valence-corrected chi connectivity index (χ3v) is 6.61. The van der Waals surface area contributed by atoms with Crippen molar-refractivity contribution in [3.63, 3.8) is 0 Å². The number of carbonyl (C=O) groups is 2. The lowest BCUT2D eigenvalue weighted by Crippen LogP contribution is -2.35. The van der Waals surface area contributed by atoms with Gasteiger partial charge in [0, 0.05) is 5.92 Å². The fourth-order valence-electron chi connectivity index (χ4n) is 4.82. The average Bonchev–Trinajstić information content (AvgIpc) is 3.08. The van der Waals surface area contributed by atoms with Gasteiger partial charge in [-0.15, -0.1) is 0 Å². The second kappa shape index (κ2) is 10.2. The molecule has 1 heterocycles. The van der Waals surface area contributed by atoms with Gasteiger partial charge in [0.2, 0.25) is 11.9 Å². The van der Waals surface area contributed by atoms with Crippen LogP contribution in [0.1, 0.15) is 71.9 Å². The van der Waals surface area contributed by atoms with Crippen molar-refractivity contribution in [3.8, 4) is 11.1 Å². The second-order valence-electron chi connectivity index (χ2n) is 8.91. The second-order valence-corrected chi connectivity index (χ2v) is 8.91. The SMILES string of the molecule is CCCc1c(F)n(C(=O)C2CCCCC2)c(=O)n1Cc1ccc(-c2ccccc2C(=O)O)cc1. The van der Waals surface area contributed by atoms with Gasteiger partial charge in [0.05, 0.1) is 17.8 Å². The topological polar surface area (TPSA) is 81.3 Å². The molecule has 3 aromatic rings. The Morgan fingerprint density at radius 3 is 2.35 bits per heavy atom. The van der Waals surface area contributed by atoms with E-state index < -0.39 is 23.5 Å². The highest BCUT2D eigenvalue weighted by molar-refractivity contribution is 5.96. The summed E-state index contributed by atoms with van der Waals surface area (Å²) in [5.41, 5.74) is 1.92. The Bertz CT molecular complexity index is 1250. The number of aromatic carboxylic acids is 1. The normalized spacial score (nSPS) is 14.3. The zero-order chi connectivity index (χ0) is 24.2. The first-order chi connectivity index (χ1) is 16.4. The molecule has 1 aromatic heterocycles. The minimum Gasteiger partial charge on any atom is -0.478 e. The molecule has 0 atom stereocenters. The number of rotatable bonds is 7. The average molecular weight is 465 g/mol. The molecule has 0 saturated heterocycles. The summed E-state index contributed by atoms with van der Waals surface area (Å²) in [5.74, 6) is -2.48. The van der Waals surface area contributed by atoms with Crippen LogP contribution in [0.3, 0.4) is 0 Å². The van der Waals surface area contributed by atoms with Crippen LogP contribution in [0.15, 0.2) is 53.3 Å². The number of aromatic nitrogens is 2. The van der Waals surface area contributed by atoms with Crippen LogP contribution in [0.2, 0.25) is 0 Å². The van der Waals surface area contributed by atoms with Crippen molar-refractivity contribution in [1.82, 2.24) is 9.13 Å². The van der Waals surface area contributed by atoms with E-state index in [2.05, 4.69) is 0 Å². The molecule has 6 nitrogen and oxygen atoms in total. The van der Waals surface area contributed by atoms with Crippen LogP contribution in [0, 0.1) is 11.9 Å². The maximum absolute atomic E-state index is 15.3. The third-order valence-electron chi connectivity index (χ3n) is 6.61. The zero-order valence-corrected chi connectivity index (χ0v) is 19.3. The van der Waals surface area contributed by atoms with Crippen LogP contribution in [-0.4, -0.2) is 26.1 Å². The van der Waals surface area contributed by atoms with Crippen LogP contribution in [0.25, 0.3) is 11.1 Å². The van der Waals surface area contributed by atoms with E-state index >= 15 is 4.39 Å². The predicted molar refractivity (Wildman–Crippen MR) is 128 cm³/mol. The van der Waals surface area contributed by atoms with Gasteiger partial charge < -0.3 is 5.11 Å². The van der Waals surface area contributed by atoms with Crippen molar-refractivity contribution in [3.05, 3.63) is 81.8 Å². The number of hydrogen-bond donors (Lipinski definition) is 1. The van der Waals surface area contributed by atoms with Gasteiger partial charge in [-0.1, -0.05) is 75.1 Å². The molecule has 4 rings (SSSR count). The van der Waals surface area contributed by atoms with Crippen molar-refractivity contribution in [2.45, 2.75) is 58.4 Å². The Kier molecular flexibility index (Phi) is 7.10. The Morgan fingerprint density at radius 2 is 1.71 bits per heavy atom. The molecule has 7 heteroatoms. The van der Waals surface area contributed by atoms with Crippen LogP contribution in [0.4, 0.5) is 4.39 Å². The molecule has 1 N–H and O–H groups in total. The number of benzene rings is 2. The van der Waals surface area contributed by atoms with Gasteiger partial charge in [-0.25, -0.2) is 14.2 Å². The van der Waals surface area contributed by atoms with Gasteiger partial charge in [-0.05, 0) is 42.0 Å². The summed E-state index contributed by atoms with van der Waals surface area (Å²) in [6.45, 7) is 2.04. The minimum atomic E-state index is -1.00. The van der Waals surface area contributed by atoms with E-state index in [-0.39, 0.29) is 23.7 Å². The lowest BCUT2D eigenvalue weighted by molar-refractivity contribution is 0.0696. The van der Waals surface area contributed by atoms with Gasteiger partial charge >= 0.3 is 11.7 Å². The molecule has 0 unspecified atom stereocenters. The molecular formula is C27H29FN2O4. The summed E-state index contributed by atoms with van der Waals surface area (Å²) in [5, 5.41) is 9.45. The fraction of sp³-hybridized carbons (Fsp3) is 0.370. The van der Waals surface area contributed by atoms with Gasteiger partial charge in [0.25, 0.3) is 0 Å². The molecule has 0 aliphatic heterocycles. The molecular weight excluding hydrogens is 435 g/mol. The molecule has 0 radical (unpaired) electrons. The molecule has 178 valence electrons. The fourth-order valence-corrected chi connectivity index (χ4v) is 4.82. The zero-order valence-electron chi connectivity index (χ0n) is 19.3. The van der Waals surface area contributed by atoms with Gasteiger partial charge in [0.1, 0.15) is 0 Å². The number of imidazole rings is 1. The maximum Gasteiger partial charge on any atom is 0.337 e. The van der Waals surface area contributed by atoms with Crippen LogP contribution < -0.4 is 5.69 Å². The Hall–Kier alpha value is -3.48. The maximum atomic E-state index is 15.3.